The molecule has 5 nitrogen and oxygen atoms in total. The molecule has 0 aliphatic heterocycles. The summed E-state index contributed by atoms with van der Waals surface area (Å²) in [5.74, 6) is 0.619. The van der Waals surface area contributed by atoms with E-state index >= 15 is 0 Å². The minimum Gasteiger partial charge on any atom is -0.496 e. The predicted octanol–water partition coefficient (Wildman–Crippen LogP) is 2.81. The zero-order chi connectivity index (χ0) is 17.1. The molecule has 1 aliphatic rings. The first-order valence-electron chi connectivity index (χ1n) is 7.71. The van der Waals surface area contributed by atoms with E-state index in [-0.39, 0.29) is 6.03 Å². The Balaban J connectivity index is 1.63. The van der Waals surface area contributed by atoms with Crippen molar-refractivity contribution in [3.8, 4) is 5.75 Å². The highest BCUT2D eigenvalue weighted by molar-refractivity contribution is 6.30. The Kier molecular flexibility index (Phi) is 4.92. The molecular formula is C18H19ClN2O3. The van der Waals surface area contributed by atoms with E-state index in [2.05, 4.69) is 10.6 Å². The number of hydrogen-bond acceptors (Lipinski definition) is 3. The highest BCUT2D eigenvalue weighted by atomic mass is 35.5. The van der Waals surface area contributed by atoms with Crippen LogP contribution in [0.25, 0.3) is 0 Å². The van der Waals surface area contributed by atoms with Crippen molar-refractivity contribution in [1.82, 2.24) is 10.6 Å². The lowest BCUT2D eigenvalue weighted by Crippen LogP contribution is -2.40. The quantitative estimate of drug-likeness (QED) is 0.797. The van der Waals surface area contributed by atoms with Crippen LogP contribution < -0.4 is 15.4 Å². The number of aliphatic hydroxyl groups excluding tert-OH is 1. The van der Waals surface area contributed by atoms with Gasteiger partial charge in [0.05, 0.1) is 19.3 Å². The Bertz CT molecular complexity index is 751. The number of methoxy groups -OCH3 is 1. The lowest BCUT2D eigenvalue weighted by molar-refractivity contribution is 0.142. The Morgan fingerprint density at radius 2 is 2.12 bits per heavy atom. The van der Waals surface area contributed by atoms with Gasteiger partial charge in [0, 0.05) is 23.6 Å². The van der Waals surface area contributed by atoms with E-state index in [9.17, 15) is 9.90 Å². The number of hydrogen-bond donors (Lipinski definition) is 3. The summed E-state index contributed by atoms with van der Waals surface area (Å²) in [6.07, 6.45) is -0.0650. The van der Waals surface area contributed by atoms with Gasteiger partial charge in [-0.2, -0.15) is 0 Å². The first-order valence-corrected chi connectivity index (χ1v) is 8.09. The average molecular weight is 347 g/mol. The minimum absolute atomic E-state index is 0.302. The third kappa shape index (κ3) is 3.47. The highest BCUT2D eigenvalue weighted by Crippen LogP contribution is 2.31. The summed E-state index contributed by atoms with van der Waals surface area (Å²) in [6, 6.07) is 12.3. The summed E-state index contributed by atoms with van der Waals surface area (Å²) in [7, 11) is 1.56. The fourth-order valence-electron chi connectivity index (χ4n) is 2.98. The van der Waals surface area contributed by atoms with Gasteiger partial charge in [0.15, 0.2) is 0 Å². The SMILES string of the molecule is COc1cc(Cl)ccc1CNC(=O)N[C@@H]1c2ccccc2C[C@@H]1O. The van der Waals surface area contributed by atoms with E-state index in [4.69, 9.17) is 16.3 Å². The number of urea groups is 1. The molecule has 0 radical (unpaired) electrons. The van der Waals surface area contributed by atoms with Gasteiger partial charge in [0.25, 0.3) is 0 Å². The zero-order valence-corrected chi connectivity index (χ0v) is 14.0. The van der Waals surface area contributed by atoms with Crippen molar-refractivity contribution in [3.05, 3.63) is 64.2 Å². The molecule has 0 unspecified atom stereocenters. The normalized spacial score (nSPS) is 18.8. The number of aliphatic hydroxyl groups is 1. The lowest BCUT2D eigenvalue weighted by Gasteiger charge is -2.18. The second-order valence-electron chi connectivity index (χ2n) is 5.73. The fraction of sp³-hybridized carbons (Fsp3) is 0.278. The summed E-state index contributed by atoms with van der Waals surface area (Å²) in [5, 5.41) is 16.4. The molecule has 1 aliphatic carbocycles. The Morgan fingerprint density at radius 3 is 2.92 bits per heavy atom. The van der Waals surface area contributed by atoms with Crippen molar-refractivity contribution in [2.75, 3.05) is 7.11 Å². The smallest absolute Gasteiger partial charge is 0.315 e. The van der Waals surface area contributed by atoms with Crippen LogP contribution in [0.15, 0.2) is 42.5 Å². The van der Waals surface area contributed by atoms with Crippen LogP contribution in [0.5, 0.6) is 5.75 Å². The summed E-state index contributed by atoms with van der Waals surface area (Å²) >= 11 is 5.93. The van der Waals surface area contributed by atoms with Crippen LogP contribution in [0.3, 0.4) is 0 Å². The maximum absolute atomic E-state index is 12.2. The summed E-state index contributed by atoms with van der Waals surface area (Å²) < 4.78 is 5.26. The van der Waals surface area contributed by atoms with Crippen LogP contribution in [0.2, 0.25) is 5.02 Å². The van der Waals surface area contributed by atoms with Gasteiger partial charge in [0.2, 0.25) is 0 Å². The van der Waals surface area contributed by atoms with E-state index in [1.165, 1.54) is 0 Å². The summed E-state index contributed by atoms with van der Waals surface area (Å²) in [5.41, 5.74) is 2.85. The van der Waals surface area contributed by atoms with Crippen LogP contribution in [0.1, 0.15) is 22.7 Å². The number of amides is 2. The number of fused-ring (bicyclic) bond motifs is 1. The van der Waals surface area contributed by atoms with Crippen molar-refractivity contribution >= 4 is 17.6 Å². The molecule has 2 aromatic carbocycles. The molecule has 0 fully saturated rings. The van der Waals surface area contributed by atoms with E-state index < -0.39 is 12.1 Å². The Morgan fingerprint density at radius 1 is 1.33 bits per heavy atom. The number of rotatable bonds is 4. The van der Waals surface area contributed by atoms with E-state index in [1.807, 2.05) is 24.3 Å². The lowest BCUT2D eigenvalue weighted by atomic mass is 10.1. The fourth-order valence-corrected chi connectivity index (χ4v) is 3.14. The molecule has 3 rings (SSSR count). The van der Waals surface area contributed by atoms with E-state index in [1.54, 1.807) is 25.3 Å². The molecule has 0 aromatic heterocycles. The maximum atomic E-state index is 12.2. The third-order valence-corrected chi connectivity index (χ3v) is 4.41. The van der Waals surface area contributed by atoms with Crippen LogP contribution in [0, 0.1) is 0 Å². The Labute approximate surface area is 145 Å². The maximum Gasteiger partial charge on any atom is 0.315 e. The number of nitrogens with one attached hydrogen (secondary N) is 2. The molecule has 2 aromatic rings. The number of carbonyl (C=O) groups excluding carboxylic acids is 1. The largest absolute Gasteiger partial charge is 0.496 e. The summed E-state index contributed by atoms with van der Waals surface area (Å²) in [4.78, 5) is 12.2. The molecule has 0 saturated heterocycles. The van der Waals surface area contributed by atoms with Crippen molar-refractivity contribution in [2.24, 2.45) is 0 Å². The Hall–Kier alpha value is -2.24. The van der Waals surface area contributed by atoms with Gasteiger partial charge in [-0.1, -0.05) is 41.9 Å². The number of halogens is 1. The molecule has 126 valence electrons. The second-order valence-corrected chi connectivity index (χ2v) is 6.17. The topological polar surface area (TPSA) is 70.6 Å². The molecule has 3 N–H and O–H groups in total. The monoisotopic (exact) mass is 346 g/mol. The zero-order valence-electron chi connectivity index (χ0n) is 13.3. The molecule has 24 heavy (non-hydrogen) atoms. The van der Waals surface area contributed by atoms with Gasteiger partial charge in [0.1, 0.15) is 5.75 Å². The number of ether oxygens (including phenoxy) is 1. The average Bonchev–Trinajstić information content (AvgIpc) is 2.89. The first-order chi connectivity index (χ1) is 11.6. The van der Waals surface area contributed by atoms with Crippen LogP contribution in [-0.2, 0) is 13.0 Å². The summed E-state index contributed by atoms with van der Waals surface area (Å²) in [6.45, 7) is 0.302. The van der Waals surface area contributed by atoms with Crippen LogP contribution in [-0.4, -0.2) is 24.4 Å². The van der Waals surface area contributed by atoms with E-state index in [0.29, 0.717) is 23.7 Å². The van der Waals surface area contributed by atoms with Gasteiger partial charge in [-0.25, -0.2) is 4.79 Å². The van der Waals surface area contributed by atoms with Crippen molar-refractivity contribution in [2.45, 2.75) is 25.1 Å². The number of benzene rings is 2. The predicted molar refractivity (Wildman–Crippen MR) is 92.3 cm³/mol. The molecule has 0 spiro atoms. The second kappa shape index (κ2) is 7.11. The van der Waals surface area contributed by atoms with Crippen LogP contribution >= 0.6 is 11.6 Å². The van der Waals surface area contributed by atoms with Gasteiger partial charge < -0.3 is 20.5 Å². The van der Waals surface area contributed by atoms with Gasteiger partial charge in [-0.3, -0.25) is 0 Å². The van der Waals surface area contributed by atoms with Crippen molar-refractivity contribution < 1.29 is 14.6 Å². The molecule has 0 heterocycles. The number of carbonyl (C=O) groups is 1. The third-order valence-electron chi connectivity index (χ3n) is 4.18. The molecule has 0 saturated carbocycles. The molecule has 6 heteroatoms. The molecule has 0 bridgehead atoms. The van der Waals surface area contributed by atoms with Gasteiger partial charge >= 0.3 is 6.03 Å². The molecule has 2 atom stereocenters. The van der Waals surface area contributed by atoms with Crippen LogP contribution in [0.4, 0.5) is 4.79 Å². The standard InChI is InChI=1S/C18H19ClN2O3/c1-24-16-9-13(19)7-6-12(16)10-20-18(23)21-17-14-5-3-2-4-11(14)8-15(17)22/h2-7,9,15,17,22H,8,10H2,1H3,(H2,20,21,23)/t15-,17+/m0/s1. The van der Waals surface area contributed by atoms with Crippen molar-refractivity contribution in [3.63, 3.8) is 0 Å². The van der Waals surface area contributed by atoms with Crippen molar-refractivity contribution in [1.29, 1.82) is 0 Å². The van der Waals surface area contributed by atoms with Gasteiger partial charge in [-0.05, 0) is 23.3 Å². The molecular weight excluding hydrogens is 328 g/mol. The first kappa shape index (κ1) is 16.6. The van der Waals surface area contributed by atoms with Gasteiger partial charge in [-0.15, -0.1) is 0 Å². The molecule has 2 amide bonds. The highest BCUT2D eigenvalue weighted by Gasteiger charge is 2.31. The minimum atomic E-state index is -0.613. The van der Waals surface area contributed by atoms with E-state index in [0.717, 1.165) is 16.7 Å².